The number of rotatable bonds is 26. The number of aliphatic hydroxyl groups is 1. The molecule has 2 aromatic heterocycles. The largest absolute Gasteiger partial charge is 0.387 e. The minimum Gasteiger partial charge on any atom is -0.387 e. The van der Waals surface area contributed by atoms with Gasteiger partial charge >= 0.3 is 0 Å². The summed E-state index contributed by atoms with van der Waals surface area (Å²) in [7, 11) is 0. The fourth-order valence-corrected chi connectivity index (χ4v) is 8.13. The molecule has 0 saturated heterocycles. The number of aromatic nitrogens is 2. The molecule has 400 valence electrons. The molecule has 2 aromatic carbocycles. The van der Waals surface area contributed by atoms with E-state index in [0.29, 0.717) is 16.2 Å². The van der Waals surface area contributed by atoms with Crippen molar-refractivity contribution in [2.45, 2.75) is 90.8 Å². The molecule has 0 radical (unpaired) electrons. The molecule has 5 atom stereocenters. The van der Waals surface area contributed by atoms with Crippen LogP contribution in [0.3, 0.4) is 0 Å². The number of hydrogen-bond donors (Lipinski definition) is 8. The van der Waals surface area contributed by atoms with E-state index in [9.17, 15) is 52.6 Å². The third kappa shape index (κ3) is 16.7. The highest BCUT2D eigenvalue weighted by Gasteiger charge is 2.39. The van der Waals surface area contributed by atoms with Gasteiger partial charge in [-0.05, 0) is 73.2 Å². The first kappa shape index (κ1) is 56.1. The number of primary amides is 1. The summed E-state index contributed by atoms with van der Waals surface area (Å²) in [5.74, 6) is -9.02. The molecule has 23 heteroatoms. The Morgan fingerprint density at radius 1 is 0.800 bits per heavy atom. The summed E-state index contributed by atoms with van der Waals surface area (Å²) in [5, 5.41) is 23.9. The second-order valence-electron chi connectivity index (χ2n) is 18.8. The first-order valence-corrected chi connectivity index (χ1v) is 24.0. The van der Waals surface area contributed by atoms with Gasteiger partial charge in [0.2, 0.25) is 41.4 Å². The number of amides is 9. The first-order chi connectivity index (χ1) is 36.0. The lowest BCUT2D eigenvalue weighted by Gasteiger charge is -2.41. The van der Waals surface area contributed by atoms with Gasteiger partial charge in [-0.25, -0.2) is 8.78 Å². The van der Waals surface area contributed by atoms with Crippen molar-refractivity contribution in [3.8, 4) is 11.1 Å². The summed E-state index contributed by atoms with van der Waals surface area (Å²) < 4.78 is 40.1. The van der Waals surface area contributed by atoms with Crippen LogP contribution >= 0.6 is 0 Å². The maximum absolute atomic E-state index is 15.4. The average Bonchev–Trinajstić information content (AvgIpc) is 3.93. The number of hydrogen-bond acceptors (Lipinski definition) is 12. The Hall–Kier alpha value is -8.18. The molecule has 1 aliphatic rings. The second kappa shape index (κ2) is 26.7. The Morgan fingerprint density at radius 3 is 2.08 bits per heavy atom. The molecule has 1 aliphatic heterocycles. The summed E-state index contributed by atoms with van der Waals surface area (Å²) in [6, 6.07) is 10.4. The maximum atomic E-state index is 15.4. The van der Waals surface area contributed by atoms with Crippen molar-refractivity contribution >= 4 is 53.2 Å². The molecule has 4 aromatic rings. The zero-order valence-corrected chi connectivity index (χ0v) is 42.2. The smallest absolute Gasteiger partial charge is 0.254 e. The summed E-state index contributed by atoms with van der Waals surface area (Å²) in [4.78, 5) is 124. The summed E-state index contributed by atoms with van der Waals surface area (Å²) in [6.45, 7) is 5.91. The Balaban J connectivity index is 1.42. The number of carbonyl (C=O) groups is 9. The number of aliphatic hydroxyl groups excluding tert-OH is 1. The van der Waals surface area contributed by atoms with E-state index in [1.54, 1.807) is 49.7 Å². The number of halogens is 2. The average molecular weight is 1040 g/mol. The van der Waals surface area contributed by atoms with Gasteiger partial charge in [0.25, 0.3) is 11.8 Å². The van der Waals surface area contributed by atoms with Crippen molar-refractivity contribution in [1.82, 2.24) is 51.2 Å². The predicted molar refractivity (Wildman–Crippen MR) is 269 cm³/mol. The highest BCUT2D eigenvalue weighted by molar-refractivity contribution is 6.14. The summed E-state index contributed by atoms with van der Waals surface area (Å²) in [5.41, 5.74) is 6.76. The predicted octanol–water partition coefficient (Wildman–Crippen LogP) is 0.860. The van der Waals surface area contributed by atoms with Crippen molar-refractivity contribution in [3.63, 3.8) is 0 Å². The van der Waals surface area contributed by atoms with Gasteiger partial charge in [0.05, 0.1) is 18.5 Å². The van der Waals surface area contributed by atoms with Gasteiger partial charge in [0.15, 0.2) is 0 Å². The number of nitrogens with one attached hydrogen (secondary N) is 6. The van der Waals surface area contributed by atoms with Crippen molar-refractivity contribution in [2.24, 2.45) is 11.1 Å². The van der Waals surface area contributed by atoms with Crippen LogP contribution in [-0.2, 0) is 56.2 Å². The number of nitrogens with two attached hydrogens (primary N) is 1. The van der Waals surface area contributed by atoms with Crippen LogP contribution in [0, 0.1) is 17.0 Å². The monoisotopic (exact) mass is 1040 g/mol. The number of imide groups is 1. The van der Waals surface area contributed by atoms with Gasteiger partial charge in [-0.1, -0.05) is 51.1 Å². The maximum Gasteiger partial charge on any atom is 0.254 e. The van der Waals surface area contributed by atoms with E-state index in [0.717, 1.165) is 41.2 Å². The van der Waals surface area contributed by atoms with Crippen molar-refractivity contribution in [3.05, 3.63) is 126 Å². The fraction of sp³-hybridized carbons (Fsp3) is 0.385. The number of pyridine rings is 1. The van der Waals surface area contributed by atoms with E-state index in [1.807, 2.05) is 30.3 Å². The molecule has 0 saturated carbocycles. The topological polar surface area (TPSA) is 296 Å². The molecule has 5 rings (SSSR count). The number of carbonyl (C=O) groups excluding carboxylic acids is 9. The van der Waals surface area contributed by atoms with Gasteiger partial charge in [0.1, 0.15) is 44.3 Å². The Morgan fingerprint density at radius 2 is 1.44 bits per heavy atom. The SMILES string of the molecule is [2H]N(Cc1ccncc1)[C@@H](C)C(=O)N[C@@H](C)C(=O)N[C@@H](CC(N)=O)C(=O)N[C@@H](CCN(C(=O)CO)[C@@H](c1cc(-c2cc(F)ccc2F)cn1Cc1ccccc1)C(C)(C)C)C(=O)NCCNC(=O)CN1C(=O)C=CC1=O. The van der Waals surface area contributed by atoms with E-state index in [4.69, 9.17) is 7.15 Å². The molecule has 0 aliphatic carbocycles. The Labute approximate surface area is 433 Å². The number of benzene rings is 2. The Kier molecular flexibility index (Phi) is 20.0. The van der Waals surface area contributed by atoms with E-state index in [-0.39, 0.29) is 43.9 Å². The summed E-state index contributed by atoms with van der Waals surface area (Å²) >= 11 is 0. The molecule has 3 heterocycles. The fourth-order valence-electron chi connectivity index (χ4n) is 8.13. The molecule has 75 heavy (non-hydrogen) atoms. The molecule has 0 spiro atoms. The van der Waals surface area contributed by atoms with Gasteiger partial charge in [0, 0.05) is 80.3 Å². The lowest BCUT2D eigenvalue weighted by molar-refractivity contribution is -0.141. The van der Waals surface area contributed by atoms with E-state index >= 15 is 4.39 Å². The second-order valence-corrected chi connectivity index (χ2v) is 18.8. The van der Waals surface area contributed by atoms with Crippen LogP contribution in [0.15, 0.2) is 97.5 Å². The van der Waals surface area contributed by atoms with E-state index in [2.05, 4.69) is 31.6 Å². The molecular formula is C52H63F2N11O10. The third-order valence-corrected chi connectivity index (χ3v) is 11.9. The third-order valence-electron chi connectivity index (χ3n) is 11.9. The lowest BCUT2D eigenvalue weighted by atomic mass is 9.82. The summed E-state index contributed by atoms with van der Waals surface area (Å²) in [6.07, 6.45) is 5.51. The normalized spacial score (nSPS) is 14.5. The van der Waals surface area contributed by atoms with Gasteiger partial charge in [-0.2, -0.15) is 0 Å². The van der Waals surface area contributed by atoms with Crippen molar-refractivity contribution in [2.75, 3.05) is 32.8 Å². The van der Waals surface area contributed by atoms with Crippen molar-refractivity contribution < 1.29 is 58.5 Å². The van der Waals surface area contributed by atoms with Crippen LogP contribution in [0.1, 0.15) is 70.3 Å². The first-order valence-electron chi connectivity index (χ1n) is 24.4. The molecule has 0 unspecified atom stereocenters. The van der Waals surface area contributed by atoms with Gasteiger partial charge < -0.3 is 52.2 Å². The van der Waals surface area contributed by atoms with Crippen LogP contribution in [0.4, 0.5) is 8.78 Å². The minimum atomic E-state index is -1.73. The van der Waals surface area contributed by atoms with Crippen molar-refractivity contribution in [1.29, 1.82) is 0 Å². The molecule has 21 nitrogen and oxygen atoms in total. The molecular weight excluding hydrogens is 977 g/mol. The molecule has 9 N–H and O–H groups in total. The van der Waals surface area contributed by atoms with Crippen LogP contribution < -0.4 is 37.6 Å². The van der Waals surface area contributed by atoms with Crippen LogP contribution in [-0.4, -0.2) is 135 Å². The molecule has 0 bridgehead atoms. The lowest BCUT2D eigenvalue weighted by Crippen LogP contribution is -2.58. The van der Waals surface area contributed by atoms with Gasteiger partial charge in [-0.3, -0.25) is 53.0 Å². The standard InChI is InChI=1S/C52H63F2N11O10/c1-31(59-26-33-15-18-56-19-16-33)48(72)60-32(2)49(73)62-40(25-42(55)67)51(75)61-39(50(74)58-21-20-57-43(68)29-65-44(69)13-14-45(65)70)17-22-64(46(71)30-66)47(52(3,4)5)41-23-35(37-24-36(53)11-12-38(37)54)28-63(41)27-34-9-7-6-8-10-34/h6-16,18-19,23-24,28,31-32,39-40,47,59,66H,17,20-22,25-27,29-30H2,1-5H3,(H2,55,67)(H,57,68)(H,58,74)(H,60,72)(H,61,75)(H,62,73)/t31-,32-,39-,40-,47-/m0/s1/i/hD. The van der Waals surface area contributed by atoms with Gasteiger partial charge in [-0.15, -0.1) is 0 Å². The minimum absolute atomic E-state index is 0.0478. The molecule has 9 amide bonds. The zero-order chi connectivity index (χ0) is 55.9. The van der Waals surface area contributed by atoms with Crippen LogP contribution in [0.2, 0.25) is 1.41 Å². The van der Waals surface area contributed by atoms with E-state index < -0.39 is 126 Å². The zero-order valence-electron chi connectivity index (χ0n) is 43.2. The van der Waals surface area contributed by atoms with Crippen LogP contribution in [0.25, 0.3) is 11.1 Å². The molecule has 0 fully saturated rings. The Bertz CT molecular complexity index is 2780. The highest BCUT2D eigenvalue weighted by Crippen LogP contribution is 2.41. The van der Waals surface area contributed by atoms with Crippen LogP contribution in [0.5, 0.6) is 0 Å². The van der Waals surface area contributed by atoms with E-state index in [1.165, 1.54) is 31.1 Å². The quantitative estimate of drug-likeness (QED) is 0.0321. The highest BCUT2D eigenvalue weighted by atomic mass is 19.1. The number of nitrogens with zero attached hydrogens (tertiary/aromatic N) is 4.